The summed E-state index contributed by atoms with van der Waals surface area (Å²) >= 11 is 12.0. The van der Waals surface area contributed by atoms with Gasteiger partial charge in [0.1, 0.15) is 5.75 Å². The molecule has 0 aliphatic heterocycles. The molecule has 1 amide bonds. The average Bonchev–Trinajstić information content (AvgIpc) is 2.83. The molecule has 4 aromatic rings. The number of nitrogens with one attached hydrogen (secondary N) is 2. The monoisotopic (exact) mass is 526 g/mol. The van der Waals surface area contributed by atoms with Gasteiger partial charge in [-0.1, -0.05) is 41.4 Å². The number of anilines is 2. The lowest BCUT2D eigenvalue weighted by atomic mass is 10.1. The van der Waals surface area contributed by atoms with Crippen molar-refractivity contribution in [3.8, 4) is 11.5 Å². The molecule has 9 heteroatoms. The molecule has 0 heterocycles. The van der Waals surface area contributed by atoms with Crippen LogP contribution in [0, 0.1) is 6.92 Å². The maximum atomic E-state index is 13.1. The summed E-state index contributed by atoms with van der Waals surface area (Å²) in [5.41, 5.74) is 1.68. The molecule has 0 unspecified atom stereocenters. The Morgan fingerprint density at radius 3 is 2.17 bits per heavy atom. The Labute approximate surface area is 213 Å². The first-order valence-electron chi connectivity index (χ1n) is 10.4. The zero-order valence-corrected chi connectivity index (χ0v) is 20.8. The molecule has 0 bridgehead atoms. The van der Waals surface area contributed by atoms with Crippen LogP contribution in [0.2, 0.25) is 10.0 Å². The standard InChI is InChI=1S/C26H20Cl2N2O4S/c1-17-15-22(12-13-23(17)29-26(31)18-7-9-19(27)10-8-18)35(32,33)30-24-16-20(28)11-14-25(24)34-21-5-3-2-4-6-21/h2-16,30H,1H3,(H,29,31). The van der Waals surface area contributed by atoms with E-state index in [1.54, 1.807) is 55.5 Å². The number of carbonyl (C=O) groups excluding carboxylic acids is 1. The molecule has 2 N–H and O–H groups in total. The van der Waals surface area contributed by atoms with Crippen LogP contribution in [0.4, 0.5) is 11.4 Å². The molecule has 0 saturated heterocycles. The van der Waals surface area contributed by atoms with Crippen LogP contribution in [0.3, 0.4) is 0 Å². The third-order valence-electron chi connectivity index (χ3n) is 5.02. The van der Waals surface area contributed by atoms with Gasteiger partial charge in [0.05, 0.1) is 10.6 Å². The average molecular weight is 527 g/mol. The van der Waals surface area contributed by atoms with Crippen LogP contribution < -0.4 is 14.8 Å². The van der Waals surface area contributed by atoms with Gasteiger partial charge in [0.2, 0.25) is 0 Å². The van der Waals surface area contributed by atoms with Crippen LogP contribution in [0.25, 0.3) is 0 Å². The quantitative estimate of drug-likeness (QED) is 0.267. The first-order chi connectivity index (χ1) is 16.7. The van der Waals surface area contributed by atoms with Crippen molar-refractivity contribution in [2.24, 2.45) is 0 Å². The summed E-state index contributed by atoms with van der Waals surface area (Å²) in [4.78, 5) is 12.5. The first kappa shape index (κ1) is 24.6. The minimum Gasteiger partial charge on any atom is -0.455 e. The van der Waals surface area contributed by atoms with Gasteiger partial charge in [-0.3, -0.25) is 9.52 Å². The highest BCUT2D eigenvalue weighted by Crippen LogP contribution is 2.34. The molecule has 178 valence electrons. The van der Waals surface area contributed by atoms with Crippen molar-refractivity contribution < 1.29 is 17.9 Å². The second kappa shape index (κ2) is 10.4. The predicted octanol–water partition coefficient (Wildman–Crippen LogP) is 7.15. The van der Waals surface area contributed by atoms with E-state index in [1.807, 2.05) is 18.2 Å². The predicted molar refractivity (Wildman–Crippen MR) is 139 cm³/mol. The summed E-state index contributed by atoms with van der Waals surface area (Å²) in [6, 6.07) is 24.5. The summed E-state index contributed by atoms with van der Waals surface area (Å²) in [5, 5.41) is 3.66. The summed E-state index contributed by atoms with van der Waals surface area (Å²) in [5.74, 6) is 0.514. The molecule has 0 aliphatic rings. The molecule has 0 atom stereocenters. The van der Waals surface area contributed by atoms with Crippen molar-refractivity contribution in [3.05, 3.63) is 112 Å². The molecular formula is C26H20Cl2N2O4S. The second-order valence-electron chi connectivity index (χ2n) is 7.60. The number of benzene rings is 4. The molecule has 0 fully saturated rings. The maximum Gasteiger partial charge on any atom is 0.262 e. The lowest BCUT2D eigenvalue weighted by Crippen LogP contribution is -2.15. The Bertz CT molecular complexity index is 1480. The van der Waals surface area contributed by atoms with E-state index in [2.05, 4.69) is 10.0 Å². The molecule has 6 nitrogen and oxygen atoms in total. The lowest BCUT2D eigenvalue weighted by Gasteiger charge is -2.15. The Morgan fingerprint density at radius 1 is 0.800 bits per heavy atom. The van der Waals surface area contributed by atoms with E-state index in [0.29, 0.717) is 38.4 Å². The fraction of sp³-hybridized carbons (Fsp3) is 0.0385. The van der Waals surface area contributed by atoms with Gasteiger partial charge < -0.3 is 10.1 Å². The number of sulfonamides is 1. The molecular weight excluding hydrogens is 507 g/mol. The number of carbonyl (C=O) groups is 1. The number of amides is 1. The Hall–Kier alpha value is -3.52. The van der Waals surface area contributed by atoms with Crippen molar-refractivity contribution >= 4 is 50.5 Å². The second-order valence-corrected chi connectivity index (χ2v) is 10.2. The highest BCUT2D eigenvalue weighted by molar-refractivity contribution is 7.92. The first-order valence-corrected chi connectivity index (χ1v) is 12.7. The third kappa shape index (κ3) is 6.14. The molecule has 4 aromatic carbocycles. The van der Waals surface area contributed by atoms with Gasteiger partial charge in [0, 0.05) is 21.3 Å². The van der Waals surface area contributed by atoms with E-state index in [1.165, 1.54) is 24.3 Å². The van der Waals surface area contributed by atoms with Crippen LogP contribution in [0.1, 0.15) is 15.9 Å². The molecule has 0 spiro atoms. The van der Waals surface area contributed by atoms with Crippen LogP contribution in [0.5, 0.6) is 11.5 Å². The van der Waals surface area contributed by atoms with Crippen molar-refractivity contribution in [2.45, 2.75) is 11.8 Å². The molecule has 0 saturated carbocycles. The molecule has 35 heavy (non-hydrogen) atoms. The molecule has 0 aromatic heterocycles. The number of hydrogen-bond acceptors (Lipinski definition) is 4. The summed E-state index contributed by atoms with van der Waals surface area (Å²) in [6.07, 6.45) is 0. The van der Waals surface area contributed by atoms with Gasteiger partial charge in [-0.15, -0.1) is 0 Å². The SMILES string of the molecule is Cc1cc(S(=O)(=O)Nc2cc(Cl)ccc2Oc2ccccc2)ccc1NC(=O)c1ccc(Cl)cc1. The molecule has 0 aliphatic carbocycles. The van der Waals surface area contributed by atoms with Crippen molar-refractivity contribution in [3.63, 3.8) is 0 Å². The maximum absolute atomic E-state index is 13.1. The highest BCUT2D eigenvalue weighted by Gasteiger charge is 2.19. The molecule has 0 radical (unpaired) electrons. The van der Waals surface area contributed by atoms with Gasteiger partial charge in [0.25, 0.3) is 15.9 Å². The van der Waals surface area contributed by atoms with Crippen molar-refractivity contribution in [1.29, 1.82) is 0 Å². The number of halogens is 2. The Kier molecular flexibility index (Phi) is 7.31. The normalized spacial score (nSPS) is 11.1. The lowest BCUT2D eigenvalue weighted by molar-refractivity contribution is 0.102. The number of rotatable bonds is 7. The summed E-state index contributed by atoms with van der Waals surface area (Å²) < 4.78 is 34.7. The Balaban J connectivity index is 1.55. The largest absolute Gasteiger partial charge is 0.455 e. The van der Waals surface area contributed by atoms with Gasteiger partial charge in [-0.05, 0) is 85.3 Å². The zero-order valence-electron chi connectivity index (χ0n) is 18.5. The van der Waals surface area contributed by atoms with E-state index in [4.69, 9.17) is 27.9 Å². The van der Waals surface area contributed by atoms with E-state index in [0.717, 1.165) is 0 Å². The van der Waals surface area contributed by atoms with Gasteiger partial charge in [-0.2, -0.15) is 0 Å². The van der Waals surface area contributed by atoms with E-state index < -0.39 is 10.0 Å². The van der Waals surface area contributed by atoms with Crippen LogP contribution in [-0.2, 0) is 10.0 Å². The van der Waals surface area contributed by atoms with Gasteiger partial charge in [-0.25, -0.2) is 8.42 Å². The van der Waals surface area contributed by atoms with E-state index in [9.17, 15) is 13.2 Å². The summed E-state index contributed by atoms with van der Waals surface area (Å²) in [6.45, 7) is 1.71. The highest BCUT2D eigenvalue weighted by atomic mass is 35.5. The fourth-order valence-corrected chi connectivity index (χ4v) is 4.67. The van der Waals surface area contributed by atoms with Gasteiger partial charge in [0.15, 0.2) is 5.75 Å². The third-order valence-corrected chi connectivity index (χ3v) is 6.87. The van der Waals surface area contributed by atoms with Crippen LogP contribution >= 0.6 is 23.2 Å². The van der Waals surface area contributed by atoms with Crippen LogP contribution in [0.15, 0.2) is 95.9 Å². The van der Waals surface area contributed by atoms with Crippen molar-refractivity contribution in [2.75, 3.05) is 10.0 Å². The number of para-hydroxylation sites is 1. The number of ether oxygens (including phenoxy) is 1. The van der Waals surface area contributed by atoms with Crippen molar-refractivity contribution in [1.82, 2.24) is 0 Å². The number of aryl methyl sites for hydroxylation is 1. The number of hydrogen-bond donors (Lipinski definition) is 2. The zero-order chi connectivity index (χ0) is 25.0. The van der Waals surface area contributed by atoms with E-state index >= 15 is 0 Å². The minimum absolute atomic E-state index is 0.0186. The smallest absolute Gasteiger partial charge is 0.262 e. The van der Waals surface area contributed by atoms with Crippen LogP contribution in [-0.4, -0.2) is 14.3 Å². The summed E-state index contributed by atoms with van der Waals surface area (Å²) in [7, 11) is -3.99. The van der Waals surface area contributed by atoms with E-state index in [-0.39, 0.29) is 16.5 Å². The topological polar surface area (TPSA) is 84.5 Å². The Morgan fingerprint density at radius 2 is 1.49 bits per heavy atom. The van der Waals surface area contributed by atoms with Gasteiger partial charge >= 0.3 is 0 Å². The molecule has 4 rings (SSSR count). The minimum atomic E-state index is -3.99. The fourth-order valence-electron chi connectivity index (χ4n) is 3.23.